The van der Waals surface area contributed by atoms with E-state index in [1.54, 1.807) is 6.92 Å². The molecule has 1 aliphatic carbocycles. The Morgan fingerprint density at radius 2 is 2.36 bits per heavy atom. The molecule has 1 N–H and O–H groups in total. The minimum Gasteiger partial charge on any atom is -0.392 e. The molecule has 1 nitrogen and oxygen atoms in total. The van der Waals surface area contributed by atoms with Gasteiger partial charge in [0.25, 0.3) is 0 Å². The van der Waals surface area contributed by atoms with Gasteiger partial charge < -0.3 is 5.11 Å². The molecule has 0 amide bonds. The normalized spacial score (nSPS) is 31.8. The maximum atomic E-state index is 9.47. The Balaban J connectivity index is 2.85. The molecule has 0 aromatic heterocycles. The third-order valence-electron chi connectivity index (χ3n) is 2.28. The molecule has 2 atom stereocenters. The van der Waals surface area contributed by atoms with Crippen molar-refractivity contribution < 1.29 is 5.11 Å². The van der Waals surface area contributed by atoms with Gasteiger partial charge in [0.1, 0.15) is 0 Å². The summed E-state index contributed by atoms with van der Waals surface area (Å²) in [5.74, 6) is 0. The standard InChI is InChI=1S/C10H14O/c1-3-10(9(2)11)7-5-4-6-8-10/h3-7,9,11H,1,8H2,2H3. The SMILES string of the molecule is C=CC1(C(C)O)C=CC=CC1. The fraction of sp³-hybridized carbons (Fsp3) is 0.400. The van der Waals surface area contributed by atoms with E-state index in [0.717, 1.165) is 6.42 Å². The van der Waals surface area contributed by atoms with E-state index in [2.05, 4.69) is 12.7 Å². The summed E-state index contributed by atoms with van der Waals surface area (Å²) in [6.45, 7) is 5.53. The molecular weight excluding hydrogens is 136 g/mol. The van der Waals surface area contributed by atoms with Crippen LogP contribution in [0.3, 0.4) is 0 Å². The average Bonchev–Trinajstić information content (AvgIpc) is 2.05. The second kappa shape index (κ2) is 3.05. The second-order valence-corrected chi connectivity index (χ2v) is 2.98. The lowest BCUT2D eigenvalue weighted by molar-refractivity contribution is 0.107. The van der Waals surface area contributed by atoms with Crippen LogP contribution in [-0.2, 0) is 0 Å². The first-order chi connectivity index (χ1) is 5.21. The van der Waals surface area contributed by atoms with Gasteiger partial charge in [-0.25, -0.2) is 0 Å². The lowest BCUT2D eigenvalue weighted by Gasteiger charge is -2.30. The van der Waals surface area contributed by atoms with Crippen molar-refractivity contribution in [3.05, 3.63) is 37.0 Å². The van der Waals surface area contributed by atoms with Crippen molar-refractivity contribution in [2.75, 3.05) is 0 Å². The zero-order valence-electron chi connectivity index (χ0n) is 6.83. The maximum absolute atomic E-state index is 9.47. The van der Waals surface area contributed by atoms with E-state index in [1.807, 2.05) is 24.3 Å². The molecule has 11 heavy (non-hydrogen) atoms. The van der Waals surface area contributed by atoms with Gasteiger partial charge >= 0.3 is 0 Å². The van der Waals surface area contributed by atoms with Gasteiger partial charge in [-0.2, -0.15) is 0 Å². The van der Waals surface area contributed by atoms with Gasteiger partial charge in [0.2, 0.25) is 0 Å². The molecule has 2 unspecified atom stereocenters. The van der Waals surface area contributed by atoms with Crippen LogP contribution >= 0.6 is 0 Å². The summed E-state index contributed by atoms with van der Waals surface area (Å²) in [7, 11) is 0. The van der Waals surface area contributed by atoms with Crippen molar-refractivity contribution in [3.63, 3.8) is 0 Å². The first-order valence-corrected chi connectivity index (χ1v) is 3.87. The summed E-state index contributed by atoms with van der Waals surface area (Å²) < 4.78 is 0. The van der Waals surface area contributed by atoms with Crippen LogP contribution in [0.2, 0.25) is 0 Å². The zero-order valence-corrected chi connectivity index (χ0v) is 6.83. The number of rotatable bonds is 2. The van der Waals surface area contributed by atoms with E-state index >= 15 is 0 Å². The largest absolute Gasteiger partial charge is 0.392 e. The Kier molecular flexibility index (Phi) is 2.30. The quantitative estimate of drug-likeness (QED) is 0.597. The molecule has 0 heterocycles. The first-order valence-electron chi connectivity index (χ1n) is 3.87. The van der Waals surface area contributed by atoms with Crippen LogP contribution in [0.5, 0.6) is 0 Å². The summed E-state index contributed by atoms with van der Waals surface area (Å²) in [4.78, 5) is 0. The van der Waals surface area contributed by atoms with E-state index in [0.29, 0.717) is 0 Å². The third-order valence-corrected chi connectivity index (χ3v) is 2.28. The van der Waals surface area contributed by atoms with Gasteiger partial charge in [-0.05, 0) is 13.3 Å². The van der Waals surface area contributed by atoms with Crippen molar-refractivity contribution in [2.45, 2.75) is 19.4 Å². The highest BCUT2D eigenvalue weighted by molar-refractivity contribution is 5.23. The van der Waals surface area contributed by atoms with E-state index < -0.39 is 0 Å². The molecule has 1 heteroatoms. The van der Waals surface area contributed by atoms with Crippen molar-refractivity contribution in [1.29, 1.82) is 0 Å². The van der Waals surface area contributed by atoms with Crippen LogP contribution in [0.25, 0.3) is 0 Å². The lowest BCUT2D eigenvalue weighted by Crippen LogP contribution is -2.29. The van der Waals surface area contributed by atoms with Gasteiger partial charge in [0.15, 0.2) is 0 Å². The first kappa shape index (κ1) is 8.28. The highest BCUT2D eigenvalue weighted by Crippen LogP contribution is 2.32. The summed E-state index contributed by atoms with van der Waals surface area (Å²) in [6, 6.07) is 0. The van der Waals surface area contributed by atoms with Gasteiger partial charge in [-0.1, -0.05) is 30.4 Å². The van der Waals surface area contributed by atoms with Gasteiger partial charge in [0, 0.05) is 5.41 Å². The van der Waals surface area contributed by atoms with E-state index in [-0.39, 0.29) is 11.5 Å². The fourth-order valence-electron chi connectivity index (χ4n) is 1.29. The molecule has 0 aliphatic heterocycles. The Morgan fingerprint density at radius 1 is 1.64 bits per heavy atom. The number of aliphatic hydroxyl groups excluding tert-OH is 1. The van der Waals surface area contributed by atoms with Crippen LogP contribution in [0, 0.1) is 5.41 Å². The van der Waals surface area contributed by atoms with E-state index in [4.69, 9.17) is 0 Å². The highest BCUT2D eigenvalue weighted by atomic mass is 16.3. The van der Waals surface area contributed by atoms with E-state index in [1.165, 1.54) is 0 Å². The molecule has 1 rings (SSSR count). The van der Waals surface area contributed by atoms with Gasteiger partial charge in [0.05, 0.1) is 6.10 Å². The number of hydrogen-bond acceptors (Lipinski definition) is 1. The van der Waals surface area contributed by atoms with Crippen LogP contribution in [0.4, 0.5) is 0 Å². The van der Waals surface area contributed by atoms with Gasteiger partial charge in [-0.3, -0.25) is 0 Å². The summed E-state index contributed by atoms with van der Waals surface area (Å²) in [5, 5.41) is 9.47. The van der Waals surface area contributed by atoms with Crippen LogP contribution < -0.4 is 0 Å². The molecule has 0 saturated heterocycles. The Morgan fingerprint density at radius 3 is 2.64 bits per heavy atom. The number of allylic oxidation sites excluding steroid dienone is 3. The monoisotopic (exact) mass is 150 g/mol. The minimum atomic E-state index is -0.360. The third kappa shape index (κ3) is 1.43. The van der Waals surface area contributed by atoms with Crippen LogP contribution in [0.15, 0.2) is 37.0 Å². The minimum absolute atomic E-state index is 0.227. The van der Waals surface area contributed by atoms with E-state index in [9.17, 15) is 5.11 Å². The van der Waals surface area contributed by atoms with Crippen LogP contribution in [0.1, 0.15) is 13.3 Å². The molecule has 0 radical (unpaired) electrons. The van der Waals surface area contributed by atoms with Crippen LogP contribution in [-0.4, -0.2) is 11.2 Å². The predicted octanol–water partition coefficient (Wildman–Crippen LogP) is 2.06. The summed E-state index contributed by atoms with van der Waals surface area (Å²) in [6.07, 6.45) is 10.3. The Labute approximate surface area is 67.7 Å². The molecule has 0 aromatic rings. The second-order valence-electron chi connectivity index (χ2n) is 2.98. The van der Waals surface area contributed by atoms with Gasteiger partial charge in [-0.15, -0.1) is 6.58 Å². The molecular formula is C10H14O. The molecule has 1 aliphatic rings. The molecule has 0 saturated carbocycles. The molecule has 60 valence electrons. The van der Waals surface area contributed by atoms with Crippen molar-refractivity contribution in [1.82, 2.24) is 0 Å². The lowest BCUT2D eigenvalue weighted by atomic mass is 9.77. The van der Waals surface area contributed by atoms with Crippen molar-refractivity contribution in [2.24, 2.45) is 5.41 Å². The number of hydrogen-bond donors (Lipinski definition) is 1. The molecule has 0 aromatic carbocycles. The zero-order chi connectivity index (χ0) is 8.32. The Bertz CT molecular complexity index is 201. The fourth-order valence-corrected chi connectivity index (χ4v) is 1.29. The smallest absolute Gasteiger partial charge is 0.0640 e. The molecule has 0 spiro atoms. The highest BCUT2D eigenvalue weighted by Gasteiger charge is 2.28. The number of aliphatic hydroxyl groups is 1. The summed E-state index contributed by atoms with van der Waals surface area (Å²) >= 11 is 0. The topological polar surface area (TPSA) is 20.2 Å². The summed E-state index contributed by atoms with van der Waals surface area (Å²) in [5.41, 5.74) is -0.227. The maximum Gasteiger partial charge on any atom is 0.0640 e. The van der Waals surface area contributed by atoms with Crippen molar-refractivity contribution in [3.8, 4) is 0 Å². The molecule has 0 fully saturated rings. The predicted molar refractivity (Wildman–Crippen MR) is 47.2 cm³/mol. The Hall–Kier alpha value is -0.820. The average molecular weight is 150 g/mol. The van der Waals surface area contributed by atoms with Crippen molar-refractivity contribution >= 4 is 0 Å². The molecule has 0 bridgehead atoms.